The fraction of sp³-hybridized carbons (Fsp3) is 0.467. The first-order valence-corrected chi connectivity index (χ1v) is 6.13. The van der Waals surface area contributed by atoms with Crippen LogP contribution in [0.5, 0.6) is 0 Å². The molecule has 84 valence electrons. The molecule has 1 N–H and O–H groups in total. The van der Waals surface area contributed by atoms with E-state index in [1.807, 2.05) is 0 Å². The van der Waals surface area contributed by atoms with Crippen LogP contribution < -0.4 is 5.32 Å². The van der Waals surface area contributed by atoms with Crippen LogP contribution in [-0.4, -0.2) is 6.54 Å². The smallest absolute Gasteiger partial charge is 0.0348 e. The van der Waals surface area contributed by atoms with Gasteiger partial charge in [-0.3, -0.25) is 0 Å². The van der Waals surface area contributed by atoms with E-state index in [1.165, 1.54) is 18.4 Å². The molecule has 1 fully saturated rings. The Bertz CT molecular complexity index is 345. The maximum atomic E-state index is 5.25. The van der Waals surface area contributed by atoms with Crippen LogP contribution in [-0.2, 0) is 0 Å². The molecule has 0 bridgehead atoms. The number of terminal acetylenes is 1. The van der Waals surface area contributed by atoms with Gasteiger partial charge >= 0.3 is 0 Å². The van der Waals surface area contributed by atoms with Crippen LogP contribution in [0.25, 0.3) is 0 Å². The largest absolute Gasteiger partial charge is 0.310 e. The first-order valence-electron chi connectivity index (χ1n) is 6.13. The maximum Gasteiger partial charge on any atom is 0.0348 e. The Morgan fingerprint density at radius 3 is 2.69 bits per heavy atom. The standard InChI is InChI=1S/C15H19N/c1-2-3-7-12-16-15(14-10-11-14)13-8-5-4-6-9-13/h1,4-6,8-9,14-16H,3,7,10-12H2. The summed E-state index contributed by atoms with van der Waals surface area (Å²) >= 11 is 0. The molecule has 0 saturated heterocycles. The topological polar surface area (TPSA) is 12.0 Å². The highest BCUT2D eigenvalue weighted by Gasteiger charge is 2.31. The Balaban J connectivity index is 1.88. The van der Waals surface area contributed by atoms with Crippen molar-refractivity contribution in [3.8, 4) is 12.3 Å². The zero-order chi connectivity index (χ0) is 11.2. The zero-order valence-corrected chi connectivity index (χ0v) is 9.65. The van der Waals surface area contributed by atoms with E-state index >= 15 is 0 Å². The summed E-state index contributed by atoms with van der Waals surface area (Å²) < 4.78 is 0. The zero-order valence-electron chi connectivity index (χ0n) is 9.65. The third kappa shape index (κ3) is 3.12. The van der Waals surface area contributed by atoms with Crippen molar-refractivity contribution in [2.45, 2.75) is 31.7 Å². The second kappa shape index (κ2) is 5.72. The van der Waals surface area contributed by atoms with Crippen molar-refractivity contribution < 1.29 is 0 Å². The Morgan fingerprint density at radius 1 is 1.31 bits per heavy atom. The molecule has 1 atom stereocenters. The van der Waals surface area contributed by atoms with Gasteiger partial charge in [0, 0.05) is 12.5 Å². The lowest BCUT2D eigenvalue weighted by molar-refractivity contribution is 0.477. The summed E-state index contributed by atoms with van der Waals surface area (Å²) in [4.78, 5) is 0. The van der Waals surface area contributed by atoms with Gasteiger partial charge < -0.3 is 5.32 Å². The van der Waals surface area contributed by atoms with Crippen LogP contribution >= 0.6 is 0 Å². The molecule has 1 heteroatoms. The van der Waals surface area contributed by atoms with Gasteiger partial charge in [-0.05, 0) is 37.3 Å². The molecular weight excluding hydrogens is 194 g/mol. The second-order valence-electron chi connectivity index (χ2n) is 4.49. The van der Waals surface area contributed by atoms with E-state index in [0.717, 1.165) is 25.3 Å². The van der Waals surface area contributed by atoms with Crippen LogP contribution in [0, 0.1) is 18.3 Å². The number of benzene rings is 1. The fourth-order valence-electron chi connectivity index (χ4n) is 2.09. The lowest BCUT2D eigenvalue weighted by Crippen LogP contribution is -2.24. The molecule has 2 rings (SSSR count). The Kier molecular flexibility index (Phi) is 4.02. The summed E-state index contributed by atoms with van der Waals surface area (Å²) in [7, 11) is 0. The molecule has 16 heavy (non-hydrogen) atoms. The second-order valence-corrected chi connectivity index (χ2v) is 4.49. The highest BCUT2D eigenvalue weighted by Crippen LogP contribution is 2.40. The minimum Gasteiger partial charge on any atom is -0.310 e. The van der Waals surface area contributed by atoms with Crippen molar-refractivity contribution in [2.75, 3.05) is 6.54 Å². The van der Waals surface area contributed by atoms with E-state index < -0.39 is 0 Å². The summed E-state index contributed by atoms with van der Waals surface area (Å²) in [6.45, 7) is 1.03. The predicted octanol–water partition coefficient (Wildman–Crippen LogP) is 3.14. The van der Waals surface area contributed by atoms with Crippen LogP contribution in [0.3, 0.4) is 0 Å². The highest BCUT2D eigenvalue weighted by molar-refractivity contribution is 5.21. The van der Waals surface area contributed by atoms with Gasteiger partial charge in [-0.2, -0.15) is 0 Å². The number of hydrogen-bond donors (Lipinski definition) is 1. The summed E-state index contributed by atoms with van der Waals surface area (Å²) in [6, 6.07) is 11.3. The van der Waals surface area contributed by atoms with Gasteiger partial charge in [0.15, 0.2) is 0 Å². The average molecular weight is 213 g/mol. The quantitative estimate of drug-likeness (QED) is 0.565. The monoisotopic (exact) mass is 213 g/mol. The third-order valence-corrected chi connectivity index (χ3v) is 3.11. The molecule has 1 aromatic carbocycles. The molecular formula is C15H19N. The average Bonchev–Trinajstić information content (AvgIpc) is 3.15. The van der Waals surface area contributed by atoms with Crippen LogP contribution in [0.2, 0.25) is 0 Å². The van der Waals surface area contributed by atoms with Gasteiger partial charge in [-0.15, -0.1) is 12.3 Å². The van der Waals surface area contributed by atoms with Crippen molar-refractivity contribution in [3.05, 3.63) is 35.9 Å². The molecule has 0 amide bonds. The molecule has 1 aromatic rings. The van der Waals surface area contributed by atoms with E-state index in [9.17, 15) is 0 Å². The maximum absolute atomic E-state index is 5.25. The molecule has 1 unspecified atom stereocenters. The lowest BCUT2D eigenvalue weighted by Gasteiger charge is -2.18. The van der Waals surface area contributed by atoms with Crippen molar-refractivity contribution in [1.82, 2.24) is 5.32 Å². The van der Waals surface area contributed by atoms with Gasteiger partial charge in [0.25, 0.3) is 0 Å². The molecule has 1 aliphatic rings. The Labute approximate surface area is 98.3 Å². The summed E-state index contributed by atoms with van der Waals surface area (Å²) in [5, 5.41) is 3.64. The van der Waals surface area contributed by atoms with Crippen LogP contribution in [0.1, 0.15) is 37.3 Å². The first kappa shape index (κ1) is 11.2. The SMILES string of the molecule is C#CCCCNC(c1ccccc1)C1CC1. The first-order chi connectivity index (χ1) is 7.92. The van der Waals surface area contributed by atoms with Crippen molar-refractivity contribution >= 4 is 0 Å². The Hall–Kier alpha value is -1.26. The van der Waals surface area contributed by atoms with Crippen LogP contribution in [0.15, 0.2) is 30.3 Å². The third-order valence-electron chi connectivity index (χ3n) is 3.11. The van der Waals surface area contributed by atoms with Crippen molar-refractivity contribution in [3.63, 3.8) is 0 Å². The minimum absolute atomic E-state index is 0.541. The minimum atomic E-state index is 0.541. The number of rotatable bonds is 6. The molecule has 0 aliphatic heterocycles. The normalized spacial score (nSPS) is 16.7. The Morgan fingerprint density at radius 2 is 2.06 bits per heavy atom. The molecule has 1 aliphatic carbocycles. The van der Waals surface area contributed by atoms with E-state index in [-0.39, 0.29) is 0 Å². The van der Waals surface area contributed by atoms with E-state index in [0.29, 0.717) is 6.04 Å². The van der Waals surface area contributed by atoms with E-state index in [4.69, 9.17) is 6.42 Å². The lowest BCUT2D eigenvalue weighted by atomic mass is 10.0. The van der Waals surface area contributed by atoms with Gasteiger partial charge in [0.05, 0.1) is 0 Å². The predicted molar refractivity (Wildman–Crippen MR) is 68.0 cm³/mol. The number of nitrogens with one attached hydrogen (secondary N) is 1. The summed E-state index contributed by atoms with van der Waals surface area (Å²) in [5.41, 5.74) is 1.42. The molecule has 0 spiro atoms. The van der Waals surface area contributed by atoms with E-state index in [1.54, 1.807) is 0 Å². The molecule has 0 radical (unpaired) electrons. The molecule has 1 nitrogen and oxygen atoms in total. The summed E-state index contributed by atoms with van der Waals surface area (Å²) in [6.07, 6.45) is 9.93. The van der Waals surface area contributed by atoms with Gasteiger partial charge in [0.1, 0.15) is 0 Å². The summed E-state index contributed by atoms with van der Waals surface area (Å²) in [5.74, 6) is 3.53. The van der Waals surface area contributed by atoms with Crippen molar-refractivity contribution in [1.29, 1.82) is 0 Å². The molecule has 1 saturated carbocycles. The molecule has 0 aromatic heterocycles. The molecule has 0 heterocycles. The van der Waals surface area contributed by atoms with Gasteiger partial charge in [-0.25, -0.2) is 0 Å². The van der Waals surface area contributed by atoms with Crippen LogP contribution in [0.4, 0.5) is 0 Å². The van der Waals surface area contributed by atoms with Gasteiger partial charge in [0.2, 0.25) is 0 Å². The number of unbranched alkanes of at least 4 members (excludes halogenated alkanes) is 1. The highest BCUT2D eigenvalue weighted by atomic mass is 14.9. The fourth-order valence-corrected chi connectivity index (χ4v) is 2.09. The number of hydrogen-bond acceptors (Lipinski definition) is 1. The van der Waals surface area contributed by atoms with Gasteiger partial charge in [-0.1, -0.05) is 30.3 Å². The van der Waals surface area contributed by atoms with Crippen molar-refractivity contribution in [2.24, 2.45) is 5.92 Å². The van der Waals surface area contributed by atoms with E-state index in [2.05, 4.69) is 41.6 Å².